The third-order valence-electron chi connectivity index (χ3n) is 2.80. The van der Waals surface area contributed by atoms with Crippen LogP contribution >= 0.6 is 11.6 Å². The van der Waals surface area contributed by atoms with Gasteiger partial charge in [-0.3, -0.25) is 4.79 Å². The molecule has 0 saturated carbocycles. The first-order chi connectivity index (χ1) is 9.66. The third kappa shape index (κ3) is 3.88. The van der Waals surface area contributed by atoms with Crippen molar-refractivity contribution in [3.8, 4) is 11.8 Å². The van der Waals surface area contributed by atoms with Crippen LogP contribution in [0.2, 0.25) is 5.02 Å². The molecule has 20 heavy (non-hydrogen) atoms. The molecule has 100 valence electrons. The number of halogens is 1. The summed E-state index contributed by atoms with van der Waals surface area (Å²) in [6.45, 7) is 0.446. The lowest BCUT2D eigenvalue weighted by atomic mass is 10.2. The summed E-state index contributed by atoms with van der Waals surface area (Å²) in [5.41, 5.74) is 1.73. The van der Waals surface area contributed by atoms with E-state index in [-0.39, 0.29) is 5.91 Å². The highest BCUT2D eigenvalue weighted by Gasteiger charge is 2.08. The van der Waals surface area contributed by atoms with E-state index in [2.05, 4.69) is 11.8 Å². The molecule has 0 saturated heterocycles. The number of hydrogen-bond donors (Lipinski definition) is 0. The Balaban J connectivity index is 2.03. The normalized spacial score (nSPS) is 9.50. The molecule has 0 bridgehead atoms. The summed E-state index contributed by atoms with van der Waals surface area (Å²) in [5.74, 6) is 5.26. The number of rotatable bonds is 2. The number of nitrogens with zero attached hydrogens (tertiary/aromatic N) is 1. The molecule has 2 nitrogen and oxygen atoms in total. The lowest BCUT2D eigenvalue weighted by molar-refractivity contribution is -0.124. The highest BCUT2D eigenvalue weighted by atomic mass is 35.5. The standard InChI is InChI=1S/C17H14ClNO/c1-19(13-15-9-5-6-10-16(15)18)17(20)12-11-14-7-3-2-4-8-14/h2-10H,13H2,1H3. The highest BCUT2D eigenvalue weighted by Crippen LogP contribution is 2.16. The van der Waals surface area contributed by atoms with Gasteiger partial charge < -0.3 is 4.90 Å². The van der Waals surface area contributed by atoms with Crippen LogP contribution in [0, 0.1) is 11.8 Å². The largest absolute Gasteiger partial charge is 0.331 e. The van der Waals surface area contributed by atoms with Crippen LogP contribution in [0.15, 0.2) is 54.6 Å². The van der Waals surface area contributed by atoms with E-state index in [0.29, 0.717) is 11.6 Å². The molecule has 0 aromatic heterocycles. The van der Waals surface area contributed by atoms with Gasteiger partial charge in [-0.25, -0.2) is 0 Å². The molecule has 0 aliphatic carbocycles. The SMILES string of the molecule is CN(Cc1ccccc1Cl)C(=O)C#Cc1ccccc1. The Bertz CT molecular complexity index is 655. The van der Waals surface area contributed by atoms with Gasteiger partial charge >= 0.3 is 0 Å². The number of benzene rings is 2. The summed E-state index contributed by atoms with van der Waals surface area (Å²) in [5, 5.41) is 0.656. The quantitative estimate of drug-likeness (QED) is 0.774. The maximum Gasteiger partial charge on any atom is 0.298 e. The zero-order chi connectivity index (χ0) is 14.4. The van der Waals surface area contributed by atoms with Gasteiger partial charge in [-0.2, -0.15) is 0 Å². The molecular weight excluding hydrogens is 270 g/mol. The van der Waals surface area contributed by atoms with Crippen molar-refractivity contribution < 1.29 is 4.79 Å². The molecule has 2 aromatic rings. The maximum atomic E-state index is 11.9. The fraction of sp³-hybridized carbons (Fsp3) is 0.118. The summed E-state index contributed by atoms with van der Waals surface area (Å²) < 4.78 is 0. The van der Waals surface area contributed by atoms with Crippen molar-refractivity contribution in [3.05, 3.63) is 70.7 Å². The van der Waals surface area contributed by atoms with E-state index in [1.54, 1.807) is 11.9 Å². The molecule has 0 spiro atoms. The van der Waals surface area contributed by atoms with Gasteiger partial charge in [-0.1, -0.05) is 53.9 Å². The molecular formula is C17H14ClNO. The third-order valence-corrected chi connectivity index (χ3v) is 3.17. The van der Waals surface area contributed by atoms with Crippen molar-refractivity contribution in [1.29, 1.82) is 0 Å². The summed E-state index contributed by atoms with van der Waals surface area (Å²) >= 11 is 6.07. The Hall–Kier alpha value is -2.24. The number of amides is 1. The van der Waals surface area contributed by atoms with Crippen LogP contribution in [0.1, 0.15) is 11.1 Å². The van der Waals surface area contributed by atoms with Gasteiger partial charge in [0.25, 0.3) is 5.91 Å². The Kier molecular flexibility index (Phi) is 4.81. The lowest BCUT2D eigenvalue weighted by Crippen LogP contribution is -2.24. The summed E-state index contributed by atoms with van der Waals surface area (Å²) in [6.07, 6.45) is 0. The zero-order valence-corrected chi connectivity index (χ0v) is 11.9. The second kappa shape index (κ2) is 6.79. The number of carbonyl (C=O) groups is 1. The van der Waals surface area contributed by atoms with Crippen molar-refractivity contribution in [2.75, 3.05) is 7.05 Å². The average Bonchev–Trinajstić information content (AvgIpc) is 2.48. The van der Waals surface area contributed by atoms with Crippen LogP contribution in [0.4, 0.5) is 0 Å². The van der Waals surface area contributed by atoms with Crippen molar-refractivity contribution in [1.82, 2.24) is 4.90 Å². The van der Waals surface area contributed by atoms with Gasteiger partial charge in [-0.05, 0) is 23.8 Å². The molecule has 1 amide bonds. The van der Waals surface area contributed by atoms with Crippen LogP contribution in [-0.2, 0) is 11.3 Å². The summed E-state index contributed by atoms with van der Waals surface area (Å²) in [7, 11) is 1.71. The van der Waals surface area contributed by atoms with E-state index in [4.69, 9.17) is 11.6 Å². The Morgan fingerprint density at radius 3 is 2.45 bits per heavy atom. The van der Waals surface area contributed by atoms with Crippen LogP contribution in [-0.4, -0.2) is 17.9 Å². The van der Waals surface area contributed by atoms with Gasteiger partial charge in [0.1, 0.15) is 0 Å². The van der Waals surface area contributed by atoms with E-state index in [9.17, 15) is 4.79 Å². The smallest absolute Gasteiger partial charge is 0.298 e. The Labute approximate surface area is 124 Å². The lowest BCUT2D eigenvalue weighted by Gasteiger charge is -2.14. The van der Waals surface area contributed by atoms with Crippen molar-refractivity contribution in [3.63, 3.8) is 0 Å². The number of hydrogen-bond acceptors (Lipinski definition) is 1. The molecule has 0 unspecified atom stereocenters. The first-order valence-electron chi connectivity index (χ1n) is 6.22. The highest BCUT2D eigenvalue weighted by molar-refractivity contribution is 6.31. The van der Waals surface area contributed by atoms with E-state index in [1.807, 2.05) is 54.6 Å². The maximum absolute atomic E-state index is 11.9. The monoisotopic (exact) mass is 283 g/mol. The minimum atomic E-state index is -0.228. The van der Waals surface area contributed by atoms with Crippen molar-refractivity contribution in [2.45, 2.75) is 6.54 Å². The zero-order valence-electron chi connectivity index (χ0n) is 11.1. The van der Waals surface area contributed by atoms with Gasteiger partial charge in [0, 0.05) is 30.1 Å². The molecule has 2 aromatic carbocycles. The predicted octanol–water partition coefficient (Wildman–Crippen LogP) is 3.35. The minimum Gasteiger partial charge on any atom is -0.331 e. The fourth-order valence-electron chi connectivity index (χ4n) is 1.70. The van der Waals surface area contributed by atoms with Crippen molar-refractivity contribution in [2.24, 2.45) is 0 Å². The number of carbonyl (C=O) groups excluding carboxylic acids is 1. The second-order valence-electron chi connectivity index (χ2n) is 4.37. The Morgan fingerprint density at radius 2 is 1.75 bits per heavy atom. The second-order valence-corrected chi connectivity index (χ2v) is 4.78. The molecule has 2 rings (SSSR count). The summed E-state index contributed by atoms with van der Waals surface area (Å²) in [4.78, 5) is 13.5. The Morgan fingerprint density at radius 1 is 1.10 bits per heavy atom. The topological polar surface area (TPSA) is 20.3 Å². The van der Waals surface area contributed by atoms with E-state index in [0.717, 1.165) is 11.1 Å². The first kappa shape index (κ1) is 14.2. The van der Waals surface area contributed by atoms with Gasteiger partial charge in [0.05, 0.1) is 0 Å². The van der Waals surface area contributed by atoms with E-state index < -0.39 is 0 Å². The molecule has 0 radical (unpaired) electrons. The molecule has 0 fully saturated rings. The molecule has 0 heterocycles. The van der Waals surface area contributed by atoms with Crippen LogP contribution in [0.25, 0.3) is 0 Å². The van der Waals surface area contributed by atoms with E-state index in [1.165, 1.54) is 0 Å². The molecule has 0 N–H and O–H groups in total. The van der Waals surface area contributed by atoms with Crippen LogP contribution < -0.4 is 0 Å². The van der Waals surface area contributed by atoms with Crippen molar-refractivity contribution >= 4 is 17.5 Å². The van der Waals surface area contributed by atoms with Gasteiger partial charge in [0.2, 0.25) is 0 Å². The first-order valence-corrected chi connectivity index (χ1v) is 6.60. The molecule has 0 aliphatic heterocycles. The van der Waals surface area contributed by atoms with Crippen LogP contribution in [0.5, 0.6) is 0 Å². The van der Waals surface area contributed by atoms with E-state index >= 15 is 0 Å². The molecule has 0 atom stereocenters. The summed E-state index contributed by atoms with van der Waals surface area (Å²) in [6, 6.07) is 16.9. The van der Waals surface area contributed by atoms with Crippen LogP contribution in [0.3, 0.4) is 0 Å². The molecule has 3 heteroatoms. The fourth-order valence-corrected chi connectivity index (χ4v) is 1.89. The predicted molar refractivity (Wildman–Crippen MR) is 81.2 cm³/mol. The average molecular weight is 284 g/mol. The van der Waals surface area contributed by atoms with Gasteiger partial charge in [0.15, 0.2) is 0 Å². The minimum absolute atomic E-state index is 0.228. The van der Waals surface area contributed by atoms with Gasteiger partial charge in [-0.15, -0.1) is 0 Å². The molecule has 0 aliphatic rings.